The van der Waals surface area contributed by atoms with E-state index in [1.807, 2.05) is 0 Å². The summed E-state index contributed by atoms with van der Waals surface area (Å²) in [6, 6.07) is 2.10. The highest BCUT2D eigenvalue weighted by Gasteiger charge is 2.34. The fraction of sp³-hybridized carbons (Fsp3) is 0.538. The van der Waals surface area contributed by atoms with Gasteiger partial charge < -0.3 is 10.6 Å². The van der Waals surface area contributed by atoms with Crippen LogP contribution in [-0.2, 0) is 20.8 Å². The van der Waals surface area contributed by atoms with Crippen LogP contribution in [0, 0.1) is 5.92 Å². The Morgan fingerprint density at radius 1 is 1.35 bits per heavy atom. The van der Waals surface area contributed by atoms with Gasteiger partial charge in [0.2, 0.25) is 5.91 Å². The van der Waals surface area contributed by atoms with Crippen LogP contribution in [0.4, 0.5) is 19.0 Å². The van der Waals surface area contributed by atoms with Gasteiger partial charge in [0.15, 0.2) is 9.84 Å². The van der Waals surface area contributed by atoms with Crippen LogP contribution in [0.2, 0.25) is 0 Å². The predicted molar refractivity (Wildman–Crippen MR) is 77.5 cm³/mol. The largest absolute Gasteiger partial charge is 0.419 e. The number of nitrogens with zero attached hydrogens (tertiary/aromatic N) is 1. The first kappa shape index (κ1) is 17.5. The van der Waals surface area contributed by atoms with Gasteiger partial charge in [0.1, 0.15) is 5.82 Å². The molecule has 1 aromatic heterocycles. The lowest BCUT2D eigenvalue weighted by Crippen LogP contribution is -2.34. The molecule has 0 spiro atoms. The third kappa shape index (κ3) is 4.81. The summed E-state index contributed by atoms with van der Waals surface area (Å²) in [5.41, 5.74) is -0.881. The Morgan fingerprint density at radius 2 is 2.09 bits per heavy atom. The van der Waals surface area contributed by atoms with Gasteiger partial charge in [-0.05, 0) is 18.6 Å². The third-order valence-corrected chi connectivity index (χ3v) is 5.20. The maximum absolute atomic E-state index is 12.8. The van der Waals surface area contributed by atoms with Gasteiger partial charge in [-0.15, -0.1) is 0 Å². The van der Waals surface area contributed by atoms with E-state index in [9.17, 15) is 26.4 Å². The maximum atomic E-state index is 12.8. The lowest BCUT2D eigenvalue weighted by atomic mass is 10.1. The van der Waals surface area contributed by atoms with Crippen LogP contribution in [0.15, 0.2) is 18.3 Å². The van der Waals surface area contributed by atoms with Crippen molar-refractivity contribution in [2.75, 3.05) is 29.9 Å². The van der Waals surface area contributed by atoms with Crippen molar-refractivity contribution in [3.05, 3.63) is 23.9 Å². The van der Waals surface area contributed by atoms with Crippen LogP contribution in [0.5, 0.6) is 0 Å². The number of nitrogens with one attached hydrogen (secondary N) is 2. The molecule has 0 radical (unpaired) electrons. The van der Waals surface area contributed by atoms with E-state index < -0.39 is 33.4 Å². The number of anilines is 1. The van der Waals surface area contributed by atoms with E-state index in [0.29, 0.717) is 0 Å². The fourth-order valence-electron chi connectivity index (χ4n) is 2.29. The van der Waals surface area contributed by atoms with Gasteiger partial charge >= 0.3 is 6.18 Å². The molecule has 23 heavy (non-hydrogen) atoms. The molecule has 1 aromatic rings. The number of pyridine rings is 1. The quantitative estimate of drug-likeness (QED) is 0.775. The number of sulfone groups is 1. The number of carbonyl (C=O) groups is 1. The van der Waals surface area contributed by atoms with Gasteiger partial charge in [-0.2, -0.15) is 13.2 Å². The Balaban J connectivity index is 1.81. The van der Waals surface area contributed by atoms with Crippen LogP contribution < -0.4 is 10.6 Å². The van der Waals surface area contributed by atoms with E-state index in [2.05, 4.69) is 15.6 Å². The summed E-state index contributed by atoms with van der Waals surface area (Å²) in [5.74, 6) is -1.47. The highest BCUT2D eigenvalue weighted by Crippen LogP contribution is 2.33. The summed E-state index contributed by atoms with van der Waals surface area (Å²) >= 11 is 0. The molecule has 1 aliphatic rings. The fourth-order valence-corrected chi connectivity index (χ4v) is 4.03. The minimum Gasteiger partial charge on any atom is -0.368 e. The average Bonchev–Trinajstić information content (AvgIpc) is 2.83. The Kier molecular flexibility index (Phi) is 5.12. The molecule has 2 heterocycles. The van der Waals surface area contributed by atoms with E-state index in [0.717, 1.165) is 6.07 Å². The van der Waals surface area contributed by atoms with Crippen molar-refractivity contribution in [3.63, 3.8) is 0 Å². The minimum absolute atomic E-state index is 0.00772. The Hall–Kier alpha value is -1.84. The smallest absolute Gasteiger partial charge is 0.368 e. The Morgan fingerprint density at radius 3 is 2.70 bits per heavy atom. The predicted octanol–water partition coefficient (Wildman–Crippen LogP) is 1.06. The zero-order valence-electron chi connectivity index (χ0n) is 12.1. The van der Waals surface area contributed by atoms with E-state index in [4.69, 9.17) is 0 Å². The first-order valence-electron chi connectivity index (χ1n) is 6.93. The summed E-state index contributed by atoms with van der Waals surface area (Å²) in [6.45, 7) is 0.120. The van der Waals surface area contributed by atoms with Gasteiger partial charge in [-0.3, -0.25) is 4.79 Å². The van der Waals surface area contributed by atoms with Crippen LogP contribution in [0.25, 0.3) is 0 Å². The number of carbonyl (C=O) groups excluding carboxylic acids is 1. The van der Waals surface area contributed by atoms with Gasteiger partial charge in [0.05, 0.1) is 23.0 Å². The lowest BCUT2D eigenvalue weighted by Gasteiger charge is -2.14. The van der Waals surface area contributed by atoms with E-state index in [1.165, 1.54) is 12.3 Å². The summed E-state index contributed by atoms with van der Waals surface area (Å²) in [7, 11) is -3.15. The number of aromatic nitrogens is 1. The lowest BCUT2D eigenvalue weighted by molar-refractivity contribution is -0.137. The first-order chi connectivity index (χ1) is 10.7. The second-order valence-electron chi connectivity index (χ2n) is 5.22. The third-order valence-electron chi connectivity index (χ3n) is 3.43. The topological polar surface area (TPSA) is 88.2 Å². The standard InChI is InChI=1S/C13H16F3N3O3S/c14-13(15,16)10-2-1-4-17-11(10)18-5-6-19-12(20)9-3-7-23(21,22)8-9/h1-2,4,9H,3,5-8H2,(H,17,18)(H,19,20). The van der Waals surface area contributed by atoms with Crippen molar-refractivity contribution in [1.82, 2.24) is 10.3 Å². The van der Waals surface area contributed by atoms with E-state index in [1.54, 1.807) is 0 Å². The first-order valence-corrected chi connectivity index (χ1v) is 8.75. The summed E-state index contributed by atoms with van der Waals surface area (Å²) in [6.07, 6.45) is -3.00. The van der Waals surface area contributed by atoms with Gasteiger partial charge in [0, 0.05) is 19.3 Å². The molecule has 6 nitrogen and oxygen atoms in total. The van der Waals surface area contributed by atoms with Crippen molar-refractivity contribution in [2.24, 2.45) is 5.92 Å². The van der Waals surface area contributed by atoms with E-state index in [-0.39, 0.29) is 36.8 Å². The second kappa shape index (κ2) is 6.73. The van der Waals surface area contributed by atoms with Crippen LogP contribution in [0.3, 0.4) is 0 Å². The number of hydrogen-bond donors (Lipinski definition) is 2. The number of hydrogen-bond acceptors (Lipinski definition) is 5. The highest BCUT2D eigenvalue weighted by molar-refractivity contribution is 7.91. The van der Waals surface area contributed by atoms with Crippen molar-refractivity contribution in [1.29, 1.82) is 0 Å². The number of alkyl halides is 3. The average molecular weight is 351 g/mol. The molecule has 1 amide bonds. The number of amides is 1. The molecule has 1 unspecified atom stereocenters. The SMILES string of the molecule is O=C(NCCNc1ncccc1C(F)(F)F)C1CCS(=O)(=O)C1. The van der Waals surface area contributed by atoms with Crippen molar-refractivity contribution >= 4 is 21.6 Å². The molecule has 0 aromatic carbocycles. The number of rotatable bonds is 5. The molecule has 0 bridgehead atoms. The van der Waals surface area contributed by atoms with Crippen LogP contribution in [0.1, 0.15) is 12.0 Å². The van der Waals surface area contributed by atoms with Crippen molar-refractivity contribution in [3.8, 4) is 0 Å². The summed E-state index contributed by atoms with van der Waals surface area (Å²) in [4.78, 5) is 15.4. The molecule has 1 fully saturated rings. The minimum atomic E-state index is -4.52. The molecule has 1 atom stereocenters. The molecule has 1 aliphatic heterocycles. The van der Waals surface area contributed by atoms with Gasteiger partial charge in [-0.1, -0.05) is 0 Å². The van der Waals surface area contributed by atoms with Gasteiger partial charge in [0.25, 0.3) is 0 Å². The Labute approximate surface area is 131 Å². The summed E-state index contributed by atoms with van der Waals surface area (Å²) < 4.78 is 60.8. The Bertz CT molecular complexity index is 677. The van der Waals surface area contributed by atoms with Crippen molar-refractivity contribution in [2.45, 2.75) is 12.6 Å². The molecular weight excluding hydrogens is 335 g/mol. The molecule has 0 aliphatic carbocycles. The molecule has 0 saturated carbocycles. The van der Waals surface area contributed by atoms with Crippen molar-refractivity contribution < 1.29 is 26.4 Å². The zero-order chi connectivity index (χ0) is 17.1. The van der Waals surface area contributed by atoms with E-state index >= 15 is 0 Å². The highest BCUT2D eigenvalue weighted by atomic mass is 32.2. The van der Waals surface area contributed by atoms with Gasteiger partial charge in [-0.25, -0.2) is 13.4 Å². The molecular formula is C13H16F3N3O3S. The normalized spacial score (nSPS) is 20.2. The monoisotopic (exact) mass is 351 g/mol. The maximum Gasteiger partial charge on any atom is 0.419 e. The summed E-state index contributed by atoms with van der Waals surface area (Å²) in [5, 5.41) is 5.03. The molecule has 10 heteroatoms. The molecule has 128 valence electrons. The molecule has 2 N–H and O–H groups in total. The zero-order valence-corrected chi connectivity index (χ0v) is 12.9. The second-order valence-corrected chi connectivity index (χ2v) is 7.44. The molecule has 1 saturated heterocycles. The number of halogens is 3. The molecule has 2 rings (SSSR count). The van der Waals surface area contributed by atoms with Crippen LogP contribution in [-0.4, -0.2) is 43.9 Å². The van der Waals surface area contributed by atoms with Crippen LogP contribution >= 0.6 is 0 Å².